The predicted octanol–water partition coefficient (Wildman–Crippen LogP) is 2.29. The van der Waals surface area contributed by atoms with Gasteiger partial charge in [-0.05, 0) is 24.1 Å². The lowest BCUT2D eigenvalue weighted by molar-refractivity contribution is 0.625. The summed E-state index contributed by atoms with van der Waals surface area (Å²) in [6.45, 7) is 0. The molecular weight excluding hydrogens is 177 g/mol. The highest BCUT2D eigenvalue weighted by Gasteiger charge is 2.34. The number of benzene rings is 1. The van der Waals surface area contributed by atoms with Gasteiger partial charge in [0, 0.05) is 12.0 Å². The molecule has 0 saturated heterocycles. The fourth-order valence-electron chi connectivity index (χ4n) is 1.34. The van der Waals surface area contributed by atoms with Crippen LogP contribution in [0.3, 0.4) is 0 Å². The van der Waals surface area contributed by atoms with Crippen molar-refractivity contribution in [3.05, 3.63) is 34.6 Å². The van der Waals surface area contributed by atoms with E-state index < -0.39 is 0 Å². The zero-order valence-electron chi connectivity index (χ0n) is 6.43. The molecule has 1 aliphatic carbocycles. The number of halogens is 2. The first-order valence-electron chi connectivity index (χ1n) is 3.89. The summed E-state index contributed by atoms with van der Waals surface area (Å²) in [5, 5.41) is 0.174. The molecule has 0 radical (unpaired) electrons. The normalized spacial score (nSPS) is 27.2. The Morgan fingerprint density at radius 3 is 2.67 bits per heavy atom. The minimum absolute atomic E-state index is 0.174. The van der Waals surface area contributed by atoms with Crippen molar-refractivity contribution < 1.29 is 4.39 Å². The van der Waals surface area contributed by atoms with Gasteiger partial charge in [-0.2, -0.15) is 0 Å². The van der Waals surface area contributed by atoms with Crippen LogP contribution in [0.15, 0.2) is 18.2 Å². The molecule has 1 saturated carbocycles. The van der Waals surface area contributed by atoms with Crippen molar-refractivity contribution in [1.82, 2.24) is 0 Å². The molecule has 1 aromatic rings. The molecular formula is C9H9ClFN. The Morgan fingerprint density at radius 1 is 1.50 bits per heavy atom. The molecule has 1 nitrogen and oxygen atoms in total. The molecule has 0 heterocycles. The zero-order valence-corrected chi connectivity index (χ0v) is 7.18. The molecule has 2 atom stereocenters. The molecule has 0 aromatic heterocycles. The van der Waals surface area contributed by atoms with Gasteiger partial charge < -0.3 is 5.73 Å². The number of hydrogen-bond acceptors (Lipinski definition) is 1. The maximum Gasteiger partial charge on any atom is 0.142 e. The van der Waals surface area contributed by atoms with E-state index >= 15 is 0 Å². The van der Waals surface area contributed by atoms with Crippen LogP contribution < -0.4 is 5.73 Å². The largest absolute Gasteiger partial charge is 0.327 e. The molecule has 2 rings (SSSR count). The lowest BCUT2D eigenvalue weighted by Gasteiger charge is -1.99. The second-order valence-corrected chi connectivity index (χ2v) is 3.59. The van der Waals surface area contributed by atoms with Gasteiger partial charge in [-0.3, -0.25) is 0 Å². The van der Waals surface area contributed by atoms with Crippen LogP contribution in [0.2, 0.25) is 5.02 Å². The van der Waals surface area contributed by atoms with E-state index in [2.05, 4.69) is 0 Å². The Hall–Kier alpha value is -0.600. The van der Waals surface area contributed by atoms with Gasteiger partial charge in [0.2, 0.25) is 0 Å². The fourth-order valence-corrected chi connectivity index (χ4v) is 1.46. The number of rotatable bonds is 1. The Balaban J connectivity index is 2.29. The van der Waals surface area contributed by atoms with Crippen molar-refractivity contribution in [1.29, 1.82) is 0 Å². The van der Waals surface area contributed by atoms with E-state index in [1.807, 2.05) is 6.07 Å². The molecule has 1 aromatic carbocycles. The third-order valence-corrected chi connectivity index (χ3v) is 2.52. The summed E-state index contributed by atoms with van der Waals surface area (Å²) < 4.78 is 12.9. The van der Waals surface area contributed by atoms with Crippen molar-refractivity contribution in [2.24, 2.45) is 5.73 Å². The van der Waals surface area contributed by atoms with E-state index in [1.165, 1.54) is 6.07 Å². The average Bonchev–Trinajstić information content (AvgIpc) is 2.73. The molecule has 0 amide bonds. The second-order valence-electron chi connectivity index (χ2n) is 3.18. The Bertz CT molecular complexity index is 313. The summed E-state index contributed by atoms with van der Waals surface area (Å²) in [6, 6.07) is 5.10. The van der Waals surface area contributed by atoms with Gasteiger partial charge >= 0.3 is 0 Å². The fraction of sp³-hybridized carbons (Fsp3) is 0.333. The quantitative estimate of drug-likeness (QED) is 0.714. The summed E-state index contributed by atoms with van der Waals surface area (Å²) in [6.07, 6.45) is 0.959. The molecule has 1 aliphatic rings. The van der Waals surface area contributed by atoms with Gasteiger partial charge in [0.15, 0.2) is 0 Å². The van der Waals surface area contributed by atoms with Gasteiger partial charge in [-0.25, -0.2) is 4.39 Å². The summed E-state index contributed by atoms with van der Waals surface area (Å²) >= 11 is 5.54. The minimum Gasteiger partial charge on any atom is -0.327 e. The number of nitrogens with two attached hydrogens (primary N) is 1. The second kappa shape index (κ2) is 2.71. The van der Waals surface area contributed by atoms with E-state index in [0.29, 0.717) is 5.92 Å². The van der Waals surface area contributed by atoms with Crippen molar-refractivity contribution in [2.75, 3.05) is 0 Å². The highest BCUT2D eigenvalue weighted by Crippen LogP contribution is 2.39. The van der Waals surface area contributed by atoms with Gasteiger partial charge in [-0.1, -0.05) is 17.7 Å². The SMILES string of the molecule is N[C@H]1CC1c1ccc(Cl)c(F)c1. The van der Waals surface area contributed by atoms with Crippen LogP contribution in [0.5, 0.6) is 0 Å². The van der Waals surface area contributed by atoms with Crippen LogP contribution >= 0.6 is 11.6 Å². The Morgan fingerprint density at radius 2 is 2.17 bits per heavy atom. The van der Waals surface area contributed by atoms with Crippen molar-refractivity contribution in [3.8, 4) is 0 Å². The molecule has 2 N–H and O–H groups in total. The smallest absolute Gasteiger partial charge is 0.142 e. The maximum atomic E-state index is 12.9. The molecule has 1 unspecified atom stereocenters. The van der Waals surface area contributed by atoms with E-state index in [4.69, 9.17) is 17.3 Å². The van der Waals surface area contributed by atoms with Crippen LogP contribution in [-0.4, -0.2) is 6.04 Å². The average molecular weight is 186 g/mol. The van der Waals surface area contributed by atoms with Crippen molar-refractivity contribution in [2.45, 2.75) is 18.4 Å². The van der Waals surface area contributed by atoms with Crippen LogP contribution in [0.1, 0.15) is 17.9 Å². The Kier molecular flexibility index (Phi) is 1.81. The Labute approximate surface area is 75.3 Å². The molecule has 12 heavy (non-hydrogen) atoms. The van der Waals surface area contributed by atoms with E-state index in [0.717, 1.165) is 12.0 Å². The van der Waals surface area contributed by atoms with Crippen LogP contribution in [-0.2, 0) is 0 Å². The first-order valence-corrected chi connectivity index (χ1v) is 4.27. The highest BCUT2D eigenvalue weighted by atomic mass is 35.5. The van der Waals surface area contributed by atoms with E-state index in [1.54, 1.807) is 6.07 Å². The lowest BCUT2D eigenvalue weighted by Crippen LogP contribution is -2.01. The van der Waals surface area contributed by atoms with Crippen LogP contribution in [0.4, 0.5) is 4.39 Å². The maximum absolute atomic E-state index is 12.9. The first kappa shape index (κ1) is 8.02. The summed E-state index contributed by atoms with van der Waals surface area (Å²) in [5.74, 6) is -0.00923. The summed E-state index contributed by atoms with van der Waals surface area (Å²) in [5.41, 5.74) is 6.59. The van der Waals surface area contributed by atoms with Crippen molar-refractivity contribution in [3.63, 3.8) is 0 Å². The topological polar surface area (TPSA) is 26.0 Å². The highest BCUT2D eigenvalue weighted by molar-refractivity contribution is 6.30. The molecule has 0 spiro atoms. The van der Waals surface area contributed by atoms with Crippen LogP contribution in [0, 0.1) is 5.82 Å². The van der Waals surface area contributed by atoms with Crippen LogP contribution in [0.25, 0.3) is 0 Å². The van der Waals surface area contributed by atoms with Gasteiger partial charge in [0.05, 0.1) is 5.02 Å². The number of hydrogen-bond donors (Lipinski definition) is 1. The molecule has 1 fully saturated rings. The zero-order chi connectivity index (χ0) is 8.72. The standard InChI is InChI=1S/C9H9ClFN/c10-7-2-1-5(3-8(7)11)6-4-9(6)12/h1-3,6,9H,4,12H2/t6?,9-/m0/s1. The molecule has 0 aliphatic heterocycles. The van der Waals surface area contributed by atoms with Gasteiger partial charge in [-0.15, -0.1) is 0 Å². The third-order valence-electron chi connectivity index (χ3n) is 2.21. The minimum atomic E-state index is -0.353. The lowest BCUT2D eigenvalue weighted by atomic mass is 10.1. The van der Waals surface area contributed by atoms with Gasteiger partial charge in [0.25, 0.3) is 0 Å². The molecule has 3 heteroatoms. The predicted molar refractivity (Wildman–Crippen MR) is 46.7 cm³/mol. The third kappa shape index (κ3) is 1.32. The van der Waals surface area contributed by atoms with E-state index in [-0.39, 0.29) is 16.9 Å². The van der Waals surface area contributed by atoms with Gasteiger partial charge in [0.1, 0.15) is 5.82 Å². The first-order chi connectivity index (χ1) is 5.68. The van der Waals surface area contributed by atoms with E-state index in [9.17, 15) is 4.39 Å². The monoisotopic (exact) mass is 185 g/mol. The van der Waals surface area contributed by atoms with Crippen molar-refractivity contribution >= 4 is 11.6 Å². The summed E-state index contributed by atoms with van der Waals surface area (Å²) in [7, 11) is 0. The molecule has 0 bridgehead atoms. The molecule has 64 valence electrons. The summed E-state index contributed by atoms with van der Waals surface area (Å²) in [4.78, 5) is 0.